The maximum Gasteiger partial charge on any atom is 0.273 e. The maximum absolute atomic E-state index is 12.8. The molecule has 2 amide bonds. The summed E-state index contributed by atoms with van der Waals surface area (Å²) in [6.45, 7) is 6.81. The first kappa shape index (κ1) is 21.6. The summed E-state index contributed by atoms with van der Waals surface area (Å²) in [4.78, 5) is 37.5. The summed E-state index contributed by atoms with van der Waals surface area (Å²) in [7, 11) is 0. The van der Waals surface area contributed by atoms with Crippen LogP contribution < -0.4 is 10.6 Å². The van der Waals surface area contributed by atoms with Gasteiger partial charge in [-0.25, -0.2) is 0 Å². The molecule has 29 heavy (non-hydrogen) atoms. The molecule has 0 saturated carbocycles. The summed E-state index contributed by atoms with van der Waals surface area (Å²) < 4.78 is 0. The van der Waals surface area contributed by atoms with Crippen LogP contribution in [0.2, 0.25) is 0 Å². The third kappa shape index (κ3) is 4.72. The lowest BCUT2D eigenvalue weighted by atomic mass is 10.0. The van der Waals surface area contributed by atoms with Crippen molar-refractivity contribution in [3.8, 4) is 0 Å². The van der Waals surface area contributed by atoms with Crippen LogP contribution in [0.1, 0.15) is 49.0 Å². The molecule has 2 saturated heterocycles. The molecule has 9 heteroatoms. The average molecular weight is 421 g/mol. The zero-order valence-electron chi connectivity index (χ0n) is 17.1. The molecule has 2 aliphatic rings. The number of rotatable bonds is 5. The van der Waals surface area contributed by atoms with Gasteiger partial charge in [-0.3, -0.25) is 25.0 Å². The Morgan fingerprint density at radius 1 is 1.41 bits per heavy atom. The highest BCUT2D eigenvalue weighted by Gasteiger charge is 2.44. The molecule has 3 rings (SSSR count). The van der Waals surface area contributed by atoms with Gasteiger partial charge >= 0.3 is 0 Å². The van der Waals surface area contributed by atoms with Crippen LogP contribution >= 0.6 is 11.8 Å². The molecule has 0 aliphatic carbocycles. The standard InChI is InChI=1S/C20H28N4O4S/c1-4-14(3)21-18(25)16-12-29-20(22-16)7-9-23(10-8-20)19(26)15-6-5-13(2)17(11-15)24(27)28/h5-6,11,14,16,22H,4,7-10,12H2,1-3H3,(H,21,25)/t14-,16+/m1/s1. The smallest absolute Gasteiger partial charge is 0.273 e. The van der Waals surface area contributed by atoms with Gasteiger partial charge in [-0.1, -0.05) is 13.0 Å². The second-order valence-electron chi connectivity index (χ2n) is 7.87. The molecule has 0 aromatic heterocycles. The van der Waals surface area contributed by atoms with Gasteiger partial charge in [0.1, 0.15) is 0 Å². The lowest BCUT2D eigenvalue weighted by Gasteiger charge is -2.39. The second-order valence-corrected chi connectivity index (χ2v) is 9.27. The zero-order chi connectivity index (χ0) is 21.2. The van der Waals surface area contributed by atoms with E-state index in [2.05, 4.69) is 10.6 Å². The molecule has 2 fully saturated rings. The third-order valence-electron chi connectivity index (χ3n) is 5.79. The summed E-state index contributed by atoms with van der Waals surface area (Å²) >= 11 is 1.76. The molecule has 1 aromatic rings. The summed E-state index contributed by atoms with van der Waals surface area (Å²) in [6.07, 6.45) is 2.37. The highest BCUT2D eigenvalue weighted by atomic mass is 32.2. The lowest BCUT2D eigenvalue weighted by Crippen LogP contribution is -2.55. The minimum Gasteiger partial charge on any atom is -0.352 e. The predicted octanol–water partition coefficient (Wildman–Crippen LogP) is 2.46. The van der Waals surface area contributed by atoms with E-state index in [1.807, 2.05) is 13.8 Å². The number of piperidine rings is 1. The van der Waals surface area contributed by atoms with Gasteiger partial charge in [-0.05, 0) is 39.2 Å². The number of likely N-dealkylation sites (tertiary alicyclic amines) is 1. The highest BCUT2D eigenvalue weighted by Crippen LogP contribution is 2.39. The lowest BCUT2D eigenvalue weighted by molar-refractivity contribution is -0.385. The van der Waals surface area contributed by atoms with Gasteiger partial charge in [0.2, 0.25) is 5.91 Å². The van der Waals surface area contributed by atoms with Crippen molar-refractivity contribution in [1.82, 2.24) is 15.5 Å². The van der Waals surface area contributed by atoms with E-state index < -0.39 is 4.92 Å². The first-order valence-corrected chi connectivity index (χ1v) is 11.0. The molecule has 1 aromatic carbocycles. The topological polar surface area (TPSA) is 105 Å². The van der Waals surface area contributed by atoms with Crippen LogP contribution in [0.15, 0.2) is 18.2 Å². The highest BCUT2D eigenvalue weighted by molar-refractivity contribution is 8.01. The molecular weight excluding hydrogens is 392 g/mol. The van der Waals surface area contributed by atoms with Gasteiger partial charge in [0.25, 0.3) is 11.6 Å². The summed E-state index contributed by atoms with van der Waals surface area (Å²) in [5, 5.41) is 17.7. The fourth-order valence-corrected chi connectivity index (χ4v) is 5.13. The fraction of sp³-hybridized carbons (Fsp3) is 0.600. The number of nitrogens with zero attached hydrogens (tertiary/aromatic N) is 2. The monoisotopic (exact) mass is 420 g/mol. The van der Waals surface area contributed by atoms with E-state index in [0.29, 0.717) is 24.2 Å². The van der Waals surface area contributed by atoms with Crippen molar-refractivity contribution in [2.75, 3.05) is 18.8 Å². The molecule has 8 nitrogen and oxygen atoms in total. The fourth-order valence-electron chi connectivity index (χ4n) is 3.71. The molecule has 158 valence electrons. The molecule has 2 heterocycles. The number of thioether (sulfide) groups is 1. The van der Waals surface area contributed by atoms with Crippen LogP contribution in [0.3, 0.4) is 0 Å². The molecule has 0 bridgehead atoms. The zero-order valence-corrected chi connectivity index (χ0v) is 17.9. The number of carbonyl (C=O) groups is 2. The van der Waals surface area contributed by atoms with E-state index in [0.717, 1.165) is 25.0 Å². The van der Waals surface area contributed by atoms with Gasteiger partial charge in [-0.15, -0.1) is 11.8 Å². The number of hydrogen-bond acceptors (Lipinski definition) is 6. The summed E-state index contributed by atoms with van der Waals surface area (Å²) in [5.41, 5.74) is 0.848. The molecule has 1 spiro atoms. The van der Waals surface area contributed by atoms with E-state index in [1.165, 1.54) is 6.07 Å². The van der Waals surface area contributed by atoms with E-state index in [9.17, 15) is 19.7 Å². The number of nitro groups is 1. The average Bonchev–Trinajstić information content (AvgIpc) is 3.12. The number of aryl methyl sites for hydroxylation is 1. The molecular formula is C20H28N4O4S. The minimum absolute atomic E-state index is 0.0347. The Hall–Kier alpha value is -2.13. The van der Waals surface area contributed by atoms with Gasteiger partial charge in [-0.2, -0.15) is 0 Å². The Morgan fingerprint density at radius 3 is 2.72 bits per heavy atom. The molecule has 2 aliphatic heterocycles. The largest absolute Gasteiger partial charge is 0.352 e. The van der Waals surface area contributed by atoms with E-state index in [1.54, 1.807) is 35.7 Å². The Balaban J connectivity index is 1.59. The molecule has 2 atom stereocenters. The number of carbonyl (C=O) groups excluding carboxylic acids is 2. The van der Waals surface area contributed by atoms with Crippen LogP contribution in [-0.2, 0) is 4.79 Å². The van der Waals surface area contributed by atoms with E-state index >= 15 is 0 Å². The number of benzene rings is 1. The molecule has 0 radical (unpaired) electrons. The molecule has 2 N–H and O–H groups in total. The van der Waals surface area contributed by atoms with Crippen molar-refractivity contribution in [2.24, 2.45) is 0 Å². The van der Waals surface area contributed by atoms with Crippen molar-refractivity contribution in [1.29, 1.82) is 0 Å². The number of amides is 2. The number of hydrogen-bond donors (Lipinski definition) is 2. The van der Waals surface area contributed by atoms with Crippen LogP contribution in [-0.4, -0.2) is 57.4 Å². The first-order valence-electron chi connectivity index (χ1n) is 10.0. The van der Waals surface area contributed by atoms with Gasteiger partial charge in [0.15, 0.2) is 0 Å². The van der Waals surface area contributed by atoms with Crippen molar-refractivity contribution < 1.29 is 14.5 Å². The predicted molar refractivity (Wildman–Crippen MR) is 113 cm³/mol. The van der Waals surface area contributed by atoms with Gasteiger partial charge < -0.3 is 10.2 Å². The number of nitrogens with one attached hydrogen (secondary N) is 2. The van der Waals surface area contributed by atoms with E-state index in [4.69, 9.17) is 0 Å². The maximum atomic E-state index is 12.8. The third-order valence-corrected chi connectivity index (χ3v) is 7.37. The summed E-state index contributed by atoms with van der Waals surface area (Å²) in [6, 6.07) is 4.57. The van der Waals surface area contributed by atoms with E-state index in [-0.39, 0.29) is 34.5 Å². The van der Waals surface area contributed by atoms with Crippen molar-refractivity contribution in [3.05, 3.63) is 39.4 Å². The normalized spacial score (nSPS) is 21.8. The van der Waals surface area contributed by atoms with Crippen molar-refractivity contribution >= 4 is 29.3 Å². The Kier molecular flexibility index (Phi) is 6.48. The Morgan fingerprint density at radius 2 is 2.10 bits per heavy atom. The number of nitro benzene ring substituents is 1. The molecule has 0 unspecified atom stereocenters. The summed E-state index contributed by atoms with van der Waals surface area (Å²) in [5.74, 6) is 0.576. The first-order chi connectivity index (χ1) is 13.7. The minimum atomic E-state index is -0.457. The van der Waals surface area contributed by atoms with Crippen LogP contribution in [0.4, 0.5) is 5.69 Å². The van der Waals surface area contributed by atoms with Crippen molar-refractivity contribution in [3.63, 3.8) is 0 Å². The van der Waals surface area contributed by atoms with Crippen molar-refractivity contribution in [2.45, 2.75) is 57.0 Å². The SMILES string of the molecule is CC[C@@H](C)NC(=O)[C@@H]1CSC2(CCN(C(=O)c3ccc(C)c([N+](=O)[O-])c3)CC2)N1. The van der Waals surface area contributed by atoms with Gasteiger partial charge in [0, 0.05) is 42.1 Å². The van der Waals surface area contributed by atoms with Crippen LogP contribution in [0.25, 0.3) is 0 Å². The Bertz CT molecular complexity index is 808. The Labute approximate surface area is 174 Å². The second kappa shape index (κ2) is 8.71. The van der Waals surface area contributed by atoms with Gasteiger partial charge in [0.05, 0.1) is 15.8 Å². The van der Waals surface area contributed by atoms with Crippen LogP contribution in [0, 0.1) is 17.0 Å². The van der Waals surface area contributed by atoms with Crippen LogP contribution in [0.5, 0.6) is 0 Å². The quantitative estimate of drug-likeness (QED) is 0.560.